The van der Waals surface area contributed by atoms with Gasteiger partial charge in [0.15, 0.2) is 0 Å². The van der Waals surface area contributed by atoms with E-state index in [1.54, 1.807) is 0 Å². The maximum absolute atomic E-state index is 12.0. The number of carbonyl (C=O) groups excluding carboxylic acids is 1. The highest BCUT2D eigenvalue weighted by atomic mass is 16.2. The SMILES string of the molecule is O=C(NC12CC(n3cnc4cnc5[nH]ccc5c43)(C1)C2)C1CC1. The fourth-order valence-electron chi connectivity index (χ4n) is 4.70. The highest BCUT2D eigenvalue weighted by Crippen LogP contribution is 2.66. The molecule has 0 atom stereocenters. The van der Waals surface area contributed by atoms with Crippen molar-refractivity contribution in [2.75, 3.05) is 0 Å². The summed E-state index contributed by atoms with van der Waals surface area (Å²) in [6.45, 7) is 0. The number of hydrogen-bond acceptors (Lipinski definition) is 3. The number of imidazole rings is 1. The Balaban J connectivity index is 1.37. The molecular formula is C17H17N5O. The van der Waals surface area contributed by atoms with Gasteiger partial charge in [-0.1, -0.05) is 0 Å². The summed E-state index contributed by atoms with van der Waals surface area (Å²) in [6.07, 6.45) is 10.9. The van der Waals surface area contributed by atoms with Gasteiger partial charge in [0.1, 0.15) is 11.2 Å². The molecule has 7 rings (SSSR count). The number of aromatic nitrogens is 4. The summed E-state index contributed by atoms with van der Waals surface area (Å²) in [5.74, 6) is 0.561. The lowest BCUT2D eigenvalue weighted by molar-refractivity contribution is -0.155. The van der Waals surface area contributed by atoms with Crippen LogP contribution in [-0.2, 0) is 10.3 Å². The van der Waals surface area contributed by atoms with Gasteiger partial charge in [-0.2, -0.15) is 0 Å². The number of nitrogens with one attached hydrogen (secondary N) is 2. The zero-order valence-electron chi connectivity index (χ0n) is 12.7. The number of aromatic amines is 1. The monoisotopic (exact) mass is 307 g/mol. The predicted molar refractivity (Wildman–Crippen MR) is 84.8 cm³/mol. The van der Waals surface area contributed by atoms with E-state index >= 15 is 0 Å². The first-order valence-electron chi connectivity index (χ1n) is 8.30. The fraction of sp³-hybridized carbons (Fsp3) is 0.471. The summed E-state index contributed by atoms with van der Waals surface area (Å²) in [7, 11) is 0. The van der Waals surface area contributed by atoms with Crippen molar-refractivity contribution in [2.45, 2.75) is 43.2 Å². The van der Waals surface area contributed by atoms with Crippen LogP contribution in [-0.4, -0.2) is 31.0 Å². The Kier molecular flexibility index (Phi) is 1.88. The van der Waals surface area contributed by atoms with Crippen molar-refractivity contribution in [3.05, 3.63) is 24.8 Å². The molecule has 0 aromatic carbocycles. The number of carbonyl (C=O) groups is 1. The van der Waals surface area contributed by atoms with Crippen LogP contribution in [0.1, 0.15) is 32.1 Å². The molecule has 2 bridgehead atoms. The van der Waals surface area contributed by atoms with E-state index in [9.17, 15) is 4.79 Å². The fourth-order valence-corrected chi connectivity index (χ4v) is 4.70. The molecule has 6 nitrogen and oxygen atoms in total. The van der Waals surface area contributed by atoms with Gasteiger partial charge in [0.05, 0.1) is 23.6 Å². The topological polar surface area (TPSA) is 75.6 Å². The molecule has 3 heterocycles. The maximum atomic E-state index is 12.0. The first kappa shape index (κ1) is 12.1. The van der Waals surface area contributed by atoms with Gasteiger partial charge in [0.2, 0.25) is 5.91 Å². The lowest BCUT2D eigenvalue weighted by Gasteiger charge is -2.70. The molecule has 0 unspecified atom stereocenters. The summed E-state index contributed by atoms with van der Waals surface area (Å²) in [6, 6.07) is 2.07. The number of rotatable bonds is 3. The number of nitrogens with zero attached hydrogens (tertiary/aromatic N) is 3. The second-order valence-corrected chi connectivity index (χ2v) is 7.65. The third-order valence-electron chi connectivity index (χ3n) is 5.94. The number of hydrogen-bond donors (Lipinski definition) is 2. The Hall–Kier alpha value is -2.37. The summed E-state index contributed by atoms with van der Waals surface area (Å²) in [5, 5.41) is 4.42. The highest BCUT2D eigenvalue weighted by Gasteiger charge is 2.70. The van der Waals surface area contributed by atoms with Crippen molar-refractivity contribution in [2.24, 2.45) is 5.92 Å². The average Bonchev–Trinajstić information content (AvgIpc) is 3.06. The summed E-state index contributed by atoms with van der Waals surface area (Å²) >= 11 is 0. The first-order chi connectivity index (χ1) is 11.2. The average molecular weight is 307 g/mol. The van der Waals surface area contributed by atoms with Crippen LogP contribution in [0.3, 0.4) is 0 Å². The van der Waals surface area contributed by atoms with Crippen LogP contribution in [0.2, 0.25) is 0 Å². The quantitative estimate of drug-likeness (QED) is 0.778. The van der Waals surface area contributed by atoms with Gasteiger partial charge in [-0.15, -0.1) is 0 Å². The molecule has 4 saturated carbocycles. The zero-order valence-corrected chi connectivity index (χ0v) is 12.7. The maximum Gasteiger partial charge on any atom is 0.223 e. The molecule has 2 N–H and O–H groups in total. The number of amides is 1. The molecule has 1 amide bonds. The van der Waals surface area contributed by atoms with Crippen LogP contribution in [0.15, 0.2) is 24.8 Å². The third kappa shape index (κ3) is 1.42. The van der Waals surface area contributed by atoms with E-state index in [1.807, 2.05) is 18.7 Å². The van der Waals surface area contributed by atoms with Gasteiger partial charge in [0.25, 0.3) is 0 Å². The number of pyridine rings is 1. The minimum atomic E-state index is 0.0561. The van der Waals surface area contributed by atoms with Crippen LogP contribution in [0, 0.1) is 5.92 Å². The van der Waals surface area contributed by atoms with Crippen LogP contribution in [0.4, 0.5) is 0 Å². The van der Waals surface area contributed by atoms with Crippen molar-refractivity contribution < 1.29 is 4.79 Å². The molecule has 0 spiro atoms. The van der Waals surface area contributed by atoms with E-state index in [1.165, 1.54) is 0 Å². The normalized spacial score (nSPS) is 31.8. The standard InChI is InChI=1S/C17H17N5O/c23-15(10-1-2-10)21-16-6-17(7-16,8-16)22-9-20-12-5-19-14-11(13(12)22)3-4-18-14/h3-5,9-10H,1-2,6-8H2,(H,18,19)(H,21,23). The molecule has 4 aliphatic carbocycles. The van der Waals surface area contributed by atoms with E-state index in [-0.39, 0.29) is 17.0 Å². The largest absolute Gasteiger partial charge is 0.350 e. The molecule has 4 fully saturated rings. The Morgan fingerprint density at radius 1 is 1.30 bits per heavy atom. The summed E-state index contributed by atoms with van der Waals surface area (Å²) < 4.78 is 2.32. The highest BCUT2D eigenvalue weighted by molar-refractivity contribution is 6.01. The van der Waals surface area contributed by atoms with Crippen molar-refractivity contribution in [1.82, 2.24) is 24.8 Å². The molecule has 116 valence electrons. The minimum Gasteiger partial charge on any atom is -0.350 e. The van der Waals surface area contributed by atoms with E-state index in [2.05, 4.69) is 30.9 Å². The predicted octanol–water partition coefficient (Wildman–Crippen LogP) is 2.07. The Morgan fingerprint density at radius 3 is 2.91 bits per heavy atom. The molecule has 0 saturated heterocycles. The Labute approximate surface area is 132 Å². The third-order valence-corrected chi connectivity index (χ3v) is 5.94. The van der Waals surface area contributed by atoms with E-state index < -0.39 is 0 Å². The van der Waals surface area contributed by atoms with E-state index in [0.717, 1.165) is 54.2 Å². The zero-order chi connectivity index (χ0) is 15.2. The van der Waals surface area contributed by atoms with Crippen LogP contribution in [0.5, 0.6) is 0 Å². The molecule has 0 aliphatic heterocycles. The van der Waals surface area contributed by atoms with Gasteiger partial charge < -0.3 is 14.9 Å². The molecule has 0 radical (unpaired) electrons. The van der Waals surface area contributed by atoms with Gasteiger partial charge in [-0.25, -0.2) is 9.97 Å². The molecule has 4 aliphatic rings. The lowest BCUT2D eigenvalue weighted by Crippen LogP contribution is -2.78. The van der Waals surface area contributed by atoms with Gasteiger partial charge in [-0.3, -0.25) is 4.79 Å². The van der Waals surface area contributed by atoms with E-state index in [0.29, 0.717) is 5.92 Å². The van der Waals surface area contributed by atoms with Crippen molar-refractivity contribution in [3.8, 4) is 0 Å². The van der Waals surface area contributed by atoms with Crippen LogP contribution >= 0.6 is 0 Å². The van der Waals surface area contributed by atoms with E-state index in [4.69, 9.17) is 0 Å². The van der Waals surface area contributed by atoms with Crippen molar-refractivity contribution in [1.29, 1.82) is 0 Å². The summed E-state index contributed by atoms with van der Waals surface area (Å²) in [4.78, 5) is 24.2. The number of fused-ring (bicyclic) bond motifs is 3. The molecule has 3 aromatic heterocycles. The Morgan fingerprint density at radius 2 is 2.13 bits per heavy atom. The first-order valence-corrected chi connectivity index (χ1v) is 8.30. The minimum absolute atomic E-state index is 0.0561. The second-order valence-electron chi connectivity index (χ2n) is 7.65. The van der Waals surface area contributed by atoms with Gasteiger partial charge in [-0.05, 0) is 38.2 Å². The van der Waals surface area contributed by atoms with Crippen LogP contribution in [0.25, 0.3) is 22.1 Å². The van der Waals surface area contributed by atoms with Gasteiger partial charge in [0, 0.05) is 23.0 Å². The second kappa shape index (κ2) is 3.58. The molecule has 6 heteroatoms. The summed E-state index contributed by atoms with van der Waals surface area (Å²) in [5.41, 5.74) is 3.20. The smallest absolute Gasteiger partial charge is 0.223 e. The van der Waals surface area contributed by atoms with Crippen LogP contribution < -0.4 is 5.32 Å². The van der Waals surface area contributed by atoms with Gasteiger partial charge >= 0.3 is 0 Å². The molecular weight excluding hydrogens is 290 g/mol. The Bertz CT molecular complexity index is 960. The van der Waals surface area contributed by atoms with Crippen molar-refractivity contribution in [3.63, 3.8) is 0 Å². The molecule has 3 aromatic rings. The number of H-pyrrole nitrogens is 1. The lowest BCUT2D eigenvalue weighted by atomic mass is 9.44. The molecule has 23 heavy (non-hydrogen) atoms. The van der Waals surface area contributed by atoms with Crippen molar-refractivity contribution >= 4 is 28.0 Å².